The van der Waals surface area contributed by atoms with E-state index in [-0.39, 0.29) is 5.75 Å². The summed E-state index contributed by atoms with van der Waals surface area (Å²) in [4.78, 5) is 4.58. The number of piperidine rings is 1. The standard InChI is InChI=1S/C28H49ClN4O2S/c1-2-3-4-5-6-7-8-9-10-11-12-13-14-18-23-36(34,35)32-31-28(33-21-16-15-17-22-33)26-20-19-25(30)24-27(26)29/h19-20,24,32H,2-18,21-23,30H2,1H3. The number of hydrogen-bond acceptors (Lipinski definition) is 4. The van der Waals surface area contributed by atoms with E-state index >= 15 is 0 Å². The molecule has 1 aliphatic rings. The summed E-state index contributed by atoms with van der Waals surface area (Å²) in [5, 5.41) is 4.82. The highest BCUT2D eigenvalue weighted by Gasteiger charge is 2.20. The molecule has 0 amide bonds. The summed E-state index contributed by atoms with van der Waals surface area (Å²) in [5.41, 5.74) is 7.11. The molecule has 1 heterocycles. The fraction of sp³-hybridized carbons (Fsp3) is 0.750. The SMILES string of the molecule is CCCCCCCCCCCCCCCCS(=O)(=O)NN=C(c1ccc(N)cc1Cl)N1CCCCC1. The van der Waals surface area contributed by atoms with E-state index in [0.717, 1.165) is 38.8 Å². The number of rotatable bonds is 18. The molecule has 1 aliphatic heterocycles. The van der Waals surface area contributed by atoms with Gasteiger partial charge >= 0.3 is 0 Å². The van der Waals surface area contributed by atoms with Crippen molar-refractivity contribution in [3.8, 4) is 0 Å². The molecule has 2 rings (SSSR count). The van der Waals surface area contributed by atoms with Gasteiger partial charge in [0.25, 0.3) is 0 Å². The Morgan fingerprint density at radius 1 is 0.889 bits per heavy atom. The third-order valence-corrected chi connectivity index (χ3v) is 8.46. The summed E-state index contributed by atoms with van der Waals surface area (Å²) >= 11 is 6.43. The minimum absolute atomic E-state index is 0.0945. The molecule has 8 heteroatoms. The number of nitrogens with two attached hydrogens (primary N) is 1. The zero-order valence-corrected chi connectivity index (χ0v) is 24.0. The second-order valence-corrected chi connectivity index (χ2v) is 12.5. The number of anilines is 1. The molecule has 0 bridgehead atoms. The summed E-state index contributed by atoms with van der Waals surface area (Å²) in [6, 6.07) is 5.26. The second-order valence-electron chi connectivity index (χ2n) is 10.2. The Kier molecular flexibility index (Phi) is 15.3. The van der Waals surface area contributed by atoms with E-state index in [9.17, 15) is 8.42 Å². The van der Waals surface area contributed by atoms with Crippen LogP contribution in [0.1, 0.15) is 122 Å². The topological polar surface area (TPSA) is 87.8 Å². The fourth-order valence-corrected chi connectivity index (χ4v) is 5.94. The Morgan fingerprint density at radius 2 is 1.42 bits per heavy atom. The Hall–Kier alpha value is -1.47. The number of nitrogens with one attached hydrogen (secondary N) is 1. The van der Waals surface area contributed by atoms with E-state index in [2.05, 4.69) is 21.8 Å². The van der Waals surface area contributed by atoms with Crippen LogP contribution < -0.4 is 10.6 Å². The Balaban J connectivity index is 1.67. The van der Waals surface area contributed by atoms with Gasteiger partial charge in [-0.1, -0.05) is 102 Å². The van der Waals surface area contributed by atoms with Gasteiger partial charge in [-0.2, -0.15) is 0 Å². The highest BCUT2D eigenvalue weighted by atomic mass is 35.5. The van der Waals surface area contributed by atoms with Gasteiger partial charge in [0.05, 0.1) is 10.8 Å². The highest BCUT2D eigenvalue weighted by molar-refractivity contribution is 7.89. The van der Waals surface area contributed by atoms with Crippen LogP contribution in [0.2, 0.25) is 5.02 Å². The third-order valence-electron chi connectivity index (χ3n) is 6.95. The van der Waals surface area contributed by atoms with Crippen molar-refractivity contribution in [3.63, 3.8) is 0 Å². The zero-order valence-electron chi connectivity index (χ0n) is 22.4. The van der Waals surface area contributed by atoms with Crippen molar-refractivity contribution in [1.82, 2.24) is 9.73 Å². The summed E-state index contributed by atoms with van der Waals surface area (Å²) in [6.07, 6.45) is 20.7. The number of likely N-dealkylation sites (tertiary alicyclic amines) is 1. The van der Waals surface area contributed by atoms with E-state index in [1.807, 2.05) is 6.07 Å². The van der Waals surface area contributed by atoms with Crippen LogP contribution in [-0.4, -0.2) is 38.0 Å². The molecule has 0 spiro atoms. The van der Waals surface area contributed by atoms with Crippen LogP contribution in [0.4, 0.5) is 5.69 Å². The first kappa shape index (κ1) is 30.8. The third kappa shape index (κ3) is 12.7. The molecule has 0 radical (unpaired) electrons. The number of benzene rings is 1. The first-order valence-corrected chi connectivity index (χ1v) is 16.3. The monoisotopic (exact) mass is 540 g/mol. The summed E-state index contributed by atoms with van der Waals surface area (Å²) < 4.78 is 25.2. The molecule has 206 valence electrons. The maximum absolute atomic E-state index is 12.6. The molecule has 0 atom stereocenters. The van der Waals surface area contributed by atoms with Crippen LogP contribution in [0.3, 0.4) is 0 Å². The van der Waals surface area contributed by atoms with E-state index in [0.29, 0.717) is 28.5 Å². The lowest BCUT2D eigenvalue weighted by atomic mass is 10.0. The number of hydrazone groups is 1. The number of nitrogen functional groups attached to an aromatic ring is 1. The first-order valence-electron chi connectivity index (χ1n) is 14.3. The average Bonchev–Trinajstić information content (AvgIpc) is 2.86. The second kappa shape index (κ2) is 17.9. The summed E-state index contributed by atoms with van der Waals surface area (Å²) in [5.74, 6) is 0.668. The van der Waals surface area contributed by atoms with Crippen molar-refractivity contribution < 1.29 is 8.42 Å². The molecule has 1 aromatic carbocycles. The van der Waals surface area contributed by atoms with Crippen molar-refractivity contribution >= 4 is 33.1 Å². The lowest BCUT2D eigenvalue weighted by molar-refractivity contribution is 0.341. The molecule has 6 nitrogen and oxygen atoms in total. The molecule has 1 fully saturated rings. The molecule has 1 aromatic rings. The maximum atomic E-state index is 12.6. The van der Waals surface area contributed by atoms with Crippen molar-refractivity contribution in [2.75, 3.05) is 24.6 Å². The Labute approximate surface area is 225 Å². The van der Waals surface area contributed by atoms with Crippen LogP contribution in [0.25, 0.3) is 0 Å². The summed E-state index contributed by atoms with van der Waals surface area (Å²) in [6.45, 7) is 3.93. The Bertz CT molecular complexity index is 870. The molecule has 0 aliphatic carbocycles. The van der Waals surface area contributed by atoms with Gasteiger partial charge in [-0.05, 0) is 43.9 Å². The first-order chi connectivity index (χ1) is 17.4. The van der Waals surface area contributed by atoms with Crippen molar-refractivity contribution in [3.05, 3.63) is 28.8 Å². The van der Waals surface area contributed by atoms with E-state index < -0.39 is 10.0 Å². The van der Waals surface area contributed by atoms with Crippen molar-refractivity contribution in [2.24, 2.45) is 5.10 Å². The number of halogens is 1. The molecule has 3 N–H and O–H groups in total. The lowest BCUT2D eigenvalue weighted by Crippen LogP contribution is -2.38. The maximum Gasteiger partial charge on any atom is 0.247 e. The van der Waals surface area contributed by atoms with Gasteiger partial charge in [0.15, 0.2) is 5.84 Å². The van der Waals surface area contributed by atoms with Crippen LogP contribution in [0, 0.1) is 0 Å². The lowest BCUT2D eigenvalue weighted by Gasteiger charge is -2.30. The molecule has 36 heavy (non-hydrogen) atoms. The predicted molar refractivity (Wildman–Crippen MR) is 155 cm³/mol. The molecular weight excluding hydrogens is 492 g/mol. The number of amidine groups is 1. The van der Waals surface area contributed by atoms with E-state index in [4.69, 9.17) is 17.3 Å². The normalized spacial score (nSPS) is 14.8. The zero-order chi connectivity index (χ0) is 26.1. The number of sulfonamides is 1. The predicted octanol–water partition coefficient (Wildman–Crippen LogP) is 7.47. The smallest absolute Gasteiger partial charge is 0.247 e. The van der Waals surface area contributed by atoms with Gasteiger partial charge in [0.2, 0.25) is 10.0 Å². The van der Waals surface area contributed by atoms with Crippen LogP contribution in [-0.2, 0) is 10.0 Å². The van der Waals surface area contributed by atoms with Crippen LogP contribution in [0.5, 0.6) is 0 Å². The van der Waals surface area contributed by atoms with Crippen molar-refractivity contribution in [1.29, 1.82) is 0 Å². The van der Waals surface area contributed by atoms with E-state index in [1.165, 1.54) is 77.0 Å². The van der Waals surface area contributed by atoms with Crippen LogP contribution >= 0.6 is 11.6 Å². The van der Waals surface area contributed by atoms with Gasteiger partial charge < -0.3 is 10.6 Å². The Morgan fingerprint density at radius 3 is 1.94 bits per heavy atom. The molecular formula is C28H49ClN4O2S. The van der Waals surface area contributed by atoms with Crippen LogP contribution in [0.15, 0.2) is 23.3 Å². The van der Waals surface area contributed by atoms with Gasteiger partial charge in [-0.3, -0.25) is 0 Å². The van der Waals surface area contributed by atoms with Gasteiger partial charge in [0, 0.05) is 24.3 Å². The summed E-state index contributed by atoms with van der Waals surface area (Å²) in [7, 11) is -3.49. The van der Waals surface area contributed by atoms with E-state index in [1.54, 1.807) is 12.1 Å². The minimum Gasteiger partial charge on any atom is -0.399 e. The average molecular weight is 541 g/mol. The quantitative estimate of drug-likeness (QED) is 0.0664. The molecule has 0 aromatic heterocycles. The molecule has 1 saturated heterocycles. The van der Waals surface area contributed by atoms with Crippen molar-refractivity contribution in [2.45, 2.75) is 116 Å². The molecule has 0 unspecified atom stereocenters. The number of nitrogens with zero attached hydrogens (tertiary/aromatic N) is 2. The van der Waals surface area contributed by atoms with Gasteiger partial charge in [-0.15, -0.1) is 5.10 Å². The van der Waals surface area contributed by atoms with Gasteiger partial charge in [0.1, 0.15) is 0 Å². The van der Waals surface area contributed by atoms with Gasteiger partial charge in [-0.25, -0.2) is 13.2 Å². The highest BCUT2D eigenvalue weighted by Crippen LogP contribution is 2.23. The molecule has 0 saturated carbocycles. The minimum atomic E-state index is -3.49. The number of hydrogen-bond donors (Lipinski definition) is 2. The largest absolute Gasteiger partial charge is 0.399 e. The fourth-order valence-electron chi connectivity index (χ4n) is 4.76. The number of unbranched alkanes of at least 4 members (excludes halogenated alkanes) is 13.